The molecular weight excluding hydrogens is 322 g/mol. The molecule has 0 aliphatic heterocycles. The second-order valence-corrected chi connectivity index (χ2v) is 4.72. The van der Waals surface area contributed by atoms with Crippen molar-refractivity contribution < 1.29 is 18.7 Å². The van der Waals surface area contributed by atoms with Gasteiger partial charge in [0.1, 0.15) is 11.6 Å². The summed E-state index contributed by atoms with van der Waals surface area (Å²) in [5.41, 5.74) is 0.584. The maximum Gasteiger partial charge on any atom is 0.309 e. The Morgan fingerprint density at radius 2 is 2.16 bits per heavy atom. The summed E-state index contributed by atoms with van der Waals surface area (Å²) < 4.78 is 28.6. The van der Waals surface area contributed by atoms with E-state index in [2.05, 4.69) is 21.0 Å². The van der Waals surface area contributed by atoms with E-state index < -0.39 is 17.6 Å². The van der Waals surface area contributed by atoms with Crippen LogP contribution in [-0.2, 0) is 18.3 Å². The molecular formula is C12H9BrF2N2O2. The van der Waals surface area contributed by atoms with Gasteiger partial charge in [-0.05, 0) is 34.1 Å². The van der Waals surface area contributed by atoms with E-state index in [1.54, 1.807) is 0 Å². The Labute approximate surface area is 115 Å². The van der Waals surface area contributed by atoms with Gasteiger partial charge in [-0.25, -0.2) is 8.78 Å². The molecule has 100 valence electrons. The van der Waals surface area contributed by atoms with E-state index >= 15 is 0 Å². The number of rotatable bonds is 3. The second-order valence-electron chi connectivity index (χ2n) is 3.93. The van der Waals surface area contributed by atoms with Gasteiger partial charge < -0.3 is 5.11 Å². The molecule has 0 saturated carbocycles. The highest BCUT2D eigenvalue weighted by molar-refractivity contribution is 9.10. The Kier molecular flexibility index (Phi) is 3.66. The summed E-state index contributed by atoms with van der Waals surface area (Å²) in [7, 11) is 1.54. The van der Waals surface area contributed by atoms with Gasteiger partial charge in [0.15, 0.2) is 0 Å². The molecule has 2 aromatic rings. The van der Waals surface area contributed by atoms with Crippen LogP contribution in [0.15, 0.2) is 22.7 Å². The van der Waals surface area contributed by atoms with Gasteiger partial charge in [-0.15, -0.1) is 0 Å². The lowest BCUT2D eigenvalue weighted by Crippen LogP contribution is -2.02. The van der Waals surface area contributed by atoms with Crippen molar-refractivity contribution in [2.45, 2.75) is 6.42 Å². The average Bonchev–Trinajstić information content (AvgIpc) is 2.57. The summed E-state index contributed by atoms with van der Waals surface area (Å²) in [6.07, 6.45) is -0.300. The average molecular weight is 331 g/mol. The first-order chi connectivity index (χ1) is 8.90. The van der Waals surface area contributed by atoms with E-state index in [0.717, 1.165) is 18.2 Å². The molecule has 4 nitrogen and oxygen atoms in total. The molecule has 0 bridgehead atoms. The van der Waals surface area contributed by atoms with Gasteiger partial charge in [0.25, 0.3) is 0 Å². The summed E-state index contributed by atoms with van der Waals surface area (Å²) in [6, 6.07) is 3.07. The maximum absolute atomic E-state index is 13.7. The lowest BCUT2D eigenvalue weighted by atomic mass is 10.1. The largest absolute Gasteiger partial charge is 0.481 e. The minimum atomic E-state index is -1.05. The van der Waals surface area contributed by atoms with Gasteiger partial charge in [0.05, 0.1) is 22.3 Å². The van der Waals surface area contributed by atoms with Crippen molar-refractivity contribution in [2.24, 2.45) is 7.05 Å². The summed E-state index contributed by atoms with van der Waals surface area (Å²) in [5.74, 6) is -2.23. The molecule has 0 unspecified atom stereocenters. The Bertz CT molecular complexity index is 655. The highest BCUT2D eigenvalue weighted by Gasteiger charge is 2.20. The Morgan fingerprint density at radius 1 is 1.47 bits per heavy atom. The summed E-state index contributed by atoms with van der Waals surface area (Å²) >= 11 is 3.19. The van der Waals surface area contributed by atoms with Crippen molar-refractivity contribution >= 4 is 21.9 Å². The van der Waals surface area contributed by atoms with Gasteiger partial charge in [0, 0.05) is 12.6 Å². The maximum atomic E-state index is 13.7. The summed E-state index contributed by atoms with van der Waals surface area (Å²) in [4.78, 5) is 10.7. The first-order valence-electron chi connectivity index (χ1n) is 5.28. The molecule has 2 rings (SSSR count). The van der Waals surface area contributed by atoms with Crippen molar-refractivity contribution in [3.05, 3.63) is 40.0 Å². The molecule has 1 heterocycles. The molecule has 1 aromatic carbocycles. The molecule has 19 heavy (non-hydrogen) atoms. The normalized spacial score (nSPS) is 10.7. The van der Waals surface area contributed by atoms with Gasteiger partial charge in [0.2, 0.25) is 0 Å². The lowest BCUT2D eigenvalue weighted by molar-refractivity contribution is -0.136. The Balaban J connectivity index is 2.59. The SMILES string of the molecule is Cn1nc(CC(=O)O)c(Br)c1-c1cc(F)ccc1F. The van der Waals surface area contributed by atoms with Crippen molar-refractivity contribution in [3.63, 3.8) is 0 Å². The van der Waals surface area contributed by atoms with Crippen molar-refractivity contribution in [1.82, 2.24) is 9.78 Å². The fourth-order valence-electron chi connectivity index (χ4n) is 1.78. The van der Waals surface area contributed by atoms with E-state index in [9.17, 15) is 13.6 Å². The number of hydrogen-bond acceptors (Lipinski definition) is 2. The number of aromatic nitrogens is 2. The second kappa shape index (κ2) is 5.08. The topological polar surface area (TPSA) is 55.1 Å². The van der Waals surface area contributed by atoms with Crippen LogP contribution in [0, 0.1) is 11.6 Å². The predicted molar refractivity (Wildman–Crippen MR) is 67.6 cm³/mol. The molecule has 0 aliphatic rings. The number of nitrogens with zero attached hydrogens (tertiary/aromatic N) is 2. The first-order valence-corrected chi connectivity index (χ1v) is 6.08. The van der Waals surface area contributed by atoms with Crippen LogP contribution in [0.2, 0.25) is 0 Å². The van der Waals surface area contributed by atoms with Crippen LogP contribution < -0.4 is 0 Å². The summed E-state index contributed by atoms with van der Waals surface area (Å²) in [5, 5.41) is 12.8. The third-order valence-corrected chi connectivity index (χ3v) is 3.39. The first kappa shape index (κ1) is 13.7. The fourth-order valence-corrected chi connectivity index (χ4v) is 2.47. The third-order valence-electron chi connectivity index (χ3n) is 2.56. The minimum absolute atomic E-state index is 0.0264. The molecule has 0 radical (unpaired) electrons. The zero-order chi connectivity index (χ0) is 14.2. The number of aliphatic carboxylic acids is 1. The van der Waals surface area contributed by atoms with Gasteiger partial charge >= 0.3 is 5.97 Å². The number of benzene rings is 1. The van der Waals surface area contributed by atoms with E-state index in [-0.39, 0.29) is 17.7 Å². The minimum Gasteiger partial charge on any atom is -0.481 e. The number of aryl methyl sites for hydroxylation is 1. The molecule has 1 N–H and O–H groups in total. The smallest absolute Gasteiger partial charge is 0.309 e. The van der Waals surface area contributed by atoms with E-state index in [0.29, 0.717) is 10.2 Å². The Morgan fingerprint density at radius 3 is 2.79 bits per heavy atom. The van der Waals surface area contributed by atoms with Gasteiger partial charge in [-0.1, -0.05) is 0 Å². The highest BCUT2D eigenvalue weighted by atomic mass is 79.9. The molecule has 0 fully saturated rings. The van der Waals surface area contributed by atoms with Crippen LogP contribution >= 0.6 is 15.9 Å². The molecule has 0 amide bonds. The highest BCUT2D eigenvalue weighted by Crippen LogP contribution is 2.33. The predicted octanol–water partition coefficient (Wildman–Crippen LogP) is 2.75. The van der Waals surface area contributed by atoms with Crippen LogP contribution in [0.25, 0.3) is 11.3 Å². The number of halogens is 3. The quantitative estimate of drug-likeness (QED) is 0.941. The molecule has 0 saturated heterocycles. The van der Waals surface area contributed by atoms with Crippen molar-refractivity contribution in [1.29, 1.82) is 0 Å². The number of carbonyl (C=O) groups is 1. The number of hydrogen-bond donors (Lipinski definition) is 1. The van der Waals surface area contributed by atoms with Crippen LogP contribution in [0.4, 0.5) is 8.78 Å². The fraction of sp³-hybridized carbons (Fsp3) is 0.167. The monoisotopic (exact) mass is 330 g/mol. The zero-order valence-corrected chi connectivity index (χ0v) is 11.4. The van der Waals surface area contributed by atoms with Crippen molar-refractivity contribution in [3.8, 4) is 11.3 Å². The number of carboxylic acid groups (broad SMARTS) is 1. The van der Waals surface area contributed by atoms with Crippen LogP contribution in [0.3, 0.4) is 0 Å². The molecule has 7 heteroatoms. The van der Waals surface area contributed by atoms with E-state index in [1.807, 2.05) is 0 Å². The van der Waals surface area contributed by atoms with Crippen molar-refractivity contribution in [2.75, 3.05) is 0 Å². The van der Waals surface area contributed by atoms with Crippen LogP contribution in [0.1, 0.15) is 5.69 Å². The van der Waals surface area contributed by atoms with Crippen LogP contribution in [0.5, 0.6) is 0 Å². The molecule has 0 atom stereocenters. The van der Waals surface area contributed by atoms with E-state index in [1.165, 1.54) is 11.7 Å². The van der Waals surface area contributed by atoms with E-state index in [4.69, 9.17) is 5.11 Å². The molecule has 1 aromatic heterocycles. The zero-order valence-electron chi connectivity index (χ0n) is 9.82. The van der Waals surface area contributed by atoms with Crippen LogP contribution in [-0.4, -0.2) is 20.9 Å². The standard InChI is InChI=1S/C12H9BrF2N2O2/c1-17-12(7-4-6(14)2-3-8(7)15)11(13)9(16-17)5-10(18)19/h2-4H,5H2,1H3,(H,18,19). The van der Waals surface area contributed by atoms with Gasteiger partial charge in [-0.3, -0.25) is 9.48 Å². The molecule has 0 aliphatic carbocycles. The summed E-state index contributed by atoms with van der Waals surface area (Å²) in [6.45, 7) is 0. The Hall–Kier alpha value is -1.76. The number of carboxylic acids is 1. The molecule has 0 spiro atoms. The third kappa shape index (κ3) is 2.65. The van der Waals surface area contributed by atoms with Gasteiger partial charge in [-0.2, -0.15) is 5.10 Å². The lowest BCUT2D eigenvalue weighted by Gasteiger charge is -2.04.